The number of amides is 1. The number of ether oxygens (including phenoxy) is 1. The molecule has 0 aromatic carbocycles. The molecule has 5 heteroatoms. The fourth-order valence-corrected chi connectivity index (χ4v) is 1.83. The van der Waals surface area contributed by atoms with Crippen LogP contribution in [-0.2, 0) is 4.74 Å². The summed E-state index contributed by atoms with van der Waals surface area (Å²) in [6.07, 6.45) is -0.902. The summed E-state index contributed by atoms with van der Waals surface area (Å²) in [6, 6.07) is 0. The average Bonchev–Trinajstić information content (AvgIpc) is 2.16. The largest absolute Gasteiger partial charge is 0.465 e. The number of carboxylic acid groups (broad SMARTS) is 1. The van der Waals surface area contributed by atoms with Crippen LogP contribution in [0.25, 0.3) is 0 Å². The van der Waals surface area contributed by atoms with Crippen LogP contribution in [0.5, 0.6) is 0 Å². The predicted molar refractivity (Wildman–Crippen MR) is 56.8 cm³/mol. The molecule has 1 aliphatic rings. The zero-order chi connectivity index (χ0) is 11.7. The summed E-state index contributed by atoms with van der Waals surface area (Å²) in [5.41, 5.74) is 5.01. The summed E-state index contributed by atoms with van der Waals surface area (Å²) < 4.78 is 5.73. The van der Waals surface area contributed by atoms with Crippen LogP contribution in [0.4, 0.5) is 4.79 Å². The van der Waals surface area contributed by atoms with Gasteiger partial charge in [-0.2, -0.15) is 0 Å². The standard InChI is InChI=1S/C10H20N2O3/c1-9(2,3)10(6-11)7-12(8(13)14)4-5-15-10/h4-7,11H2,1-3H3,(H,13,14). The van der Waals surface area contributed by atoms with Crippen LogP contribution in [-0.4, -0.2) is 47.9 Å². The second-order valence-electron chi connectivity index (χ2n) is 5.00. The van der Waals surface area contributed by atoms with Crippen molar-refractivity contribution in [2.45, 2.75) is 26.4 Å². The first-order chi connectivity index (χ1) is 6.82. The summed E-state index contributed by atoms with van der Waals surface area (Å²) in [4.78, 5) is 12.3. The first kappa shape index (κ1) is 12.3. The molecule has 0 saturated carbocycles. The van der Waals surface area contributed by atoms with Gasteiger partial charge in [0.25, 0.3) is 0 Å². The SMILES string of the molecule is CC(C)(C)C1(CN)CN(C(=O)O)CCO1. The zero-order valence-electron chi connectivity index (χ0n) is 9.62. The van der Waals surface area contributed by atoms with E-state index in [0.717, 1.165) is 0 Å². The number of hydrogen-bond acceptors (Lipinski definition) is 3. The lowest BCUT2D eigenvalue weighted by atomic mass is 9.75. The Hall–Kier alpha value is -0.810. The van der Waals surface area contributed by atoms with Crippen molar-refractivity contribution in [3.8, 4) is 0 Å². The predicted octanol–water partition coefficient (Wildman–Crippen LogP) is 0.740. The van der Waals surface area contributed by atoms with Crippen LogP contribution in [0.3, 0.4) is 0 Å². The molecule has 1 saturated heterocycles. The minimum Gasteiger partial charge on any atom is -0.465 e. The van der Waals surface area contributed by atoms with E-state index in [1.807, 2.05) is 20.8 Å². The molecule has 15 heavy (non-hydrogen) atoms. The van der Waals surface area contributed by atoms with Gasteiger partial charge in [-0.05, 0) is 5.41 Å². The van der Waals surface area contributed by atoms with E-state index >= 15 is 0 Å². The van der Waals surface area contributed by atoms with E-state index in [-0.39, 0.29) is 5.41 Å². The molecule has 3 N–H and O–H groups in total. The number of nitrogens with two attached hydrogens (primary N) is 1. The van der Waals surface area contributed by atoms with Gasteiger partial charge in [0.15, 0.2) is 0 Å². The molecule has 1 heterocycles. The molecule has 0 spiro atoms. The topological polar surface area (TPSA) is 75.8 Å². The van der Waals surface area contributed by atoms with Crippen molar-refractivity contribution in [1.82, 2.24) is 4.90 Å². The van der Waals surface area contributed by atoms with Gasteiger partial charge >= 0.3 is 6.09 Å². The van der Waals surface area contributed by atoms with E-state index in [1.165, 1.54) is 4.90 Å². The summed E-state index contributed by atoms with van der Waals surface area (Å²) >= 11 is 0. The van der Waals surface area contributed by atoms with Crippen LogP contribution in [0.2, 0.25) is 0 Å². The van der Waals surface area contributed by atoms with Crippen LogP contribution in [0, 0.1) is 5.41 Å². The molecule has 5 nitrogen and oxygen atoms in total. The fraction of sp³-hybridized carbons (Fsp3) is 0.900. The molecule has 1 unspecified atom stereocenters. The Morgan fingerprint density at radius 2 is 2.20 bits per heavy atom. The summed E-state index contributed by atoms with van der Waals surface area (Å²) in [6.45, 7) is 7.58. The van der Waals surface area contributed by atoms with Gasteiger partial charge in [0.05, 0.1) is 13.2 Å². The summed E-state index contributed by atoms with van der Waals surface area (Å²) in [5, 5.41) is 8.96. The van der Waals surface area contributed by atoms with Crippen molar-refractivity contribution < 1.29 is 14.6 Å². The summed E-state index contributed by atoms with van der Waals surface area (Å²) in [5.74, 6) is 0. The Bertz CT molecular complexity index is 250. The zero-order valence-corrected chi connectivity index (χ0v) is 9.62. The van der Waals surface area contributed by atoms with Gasteiger partial charge in [-0.15, -0.1) is 0 Å². The molecule has 0 aliphatic carbocycles. The number of nitrogens with zero attached hydrogens (tertiary/aromatic N) is 1. The first-order valence-electron chi connectivity index (χ1n) is 5.14. The molecule has 0 radical (unpaired) electrons. The van der Waals surface area contributed by atoms with Crippen LogP contribution in [0.15, 0.2) is 0 Å². The molecule has 1 atom stereocenters. The molecule has 88 valence electrons. The van der Waals surface area contributed by atoms with Crippen molar-refractivity contribution in [1.29, 1.82) is 0 Å². The van der Waals surface area contributed by atoms with Crippen LogP contribution < -0.4 is 5.73 Å². The number of carbonyl (C=O) groups is 1. The highest BCUT2D eigenvalue weighted by Gasteiger charge is 2.46. The third-order valence-corrected chi connectivity index (χ3v) is 3.15. The van der Waals surface area contributed by atoms with E-state index in [0.29, 0.717) is 26.2 Å². The highest BCUT2D eigenvalue weighted by molar-refractivity contribution is 5.65. The maximum absolute atomic E-state index is 10.9. The van der Waals surface area contributed by atoms with Crippen molar-refractivity contribution >= 4 is 6.09 Å². The molecular weight excluding hydrogens is 196 g/mol. The van der Waals surface area contributed by atoms with Crippen LogP contribution in [0.1, 0.15) is 20.8 Å². The normalized spacial score (nSPS) is 27.9. The van der Waals surface area contributed by atoms with Crippen molar-refractivity contribution in [2.75, 3.05) is 26.2 Å². The summed E-state index contributed by atoms with van der Waals surface area (Å²) in [7, 11) is 0. The second kappa shape index (κ2) is 3.98. The Morgan fingerprint density at radius 1 is 1.60 bits per heavy atom. The lowest BCUT2D eigenvalue weighted by Crippen LogP contribution is -2.63. The highest BCUT2D eigenvalue weighted by Crippen LogP contribution is 2.35. The Kier molecular flexibility index (Phi) is 3.25. The lowest BCUT2D eigenvalue weighted by Gasteiger charge is -2.49. The Labute approximate surface area is 90.2 Å². The molecule has 0 bridgehead atoms. The fourth-order valence-electron chi connectivity index (χ4n) is 1.83. The quantitative estimate of drug-likeness (QED) is 0.678. The molecule has 0 aromatic heterocycles. The van der Waals surface area contributed by atoms with Crippen molar-refractivity contribution in [3.05, 3.63) is 0 Å². The van der Waals surface area contributed by atoms with E-state index in [2.05, 4.69) is 0 Å². The van der Waals surface area contributed by atoms with E-state index < -0.39 is 11.7 Å². The van der Waals surface area contributed by atoms with Gasteiger partial charge < -0.3 is 20.5 Å². The maximum atomic E-state index is 10.9. The molecule has 1 amide bonds. The minimum atomic E-state index is -0.902. The van der Waals surface area contributed by atoms with Gasteiger partial charge in [-0.1, -0.05) is 20.8 Å². The van der Waals surface area contributed by atoms with E-state index in [4.69, 9.17) is 15.6 Å². The van der Waals surface area contributed by atoms with Crippen LogP contribution >= 0.6 is 0 Å². The molecule has 1 rings (SSSR count). The Balaban J connectivity index is 2.87. The third-order valence-electron chi connectivity index (χ3n) is 3.15. The monoisotopic (exact) mass is 216 g/mol. The highest BCUT2D eigenvalue weighted by atomic mass is 16.5. The Morgan fingerprint density at radius 3 is 2.60 bits per heavy atom. The second-order valence-corrected chi connectivity index (χ2v) is 5.00. The van der Waals surface area contributed by atoms with Gasteiger partial charge in [0, 0.05) is 13.1 Å². The third kappa shape index (κ3) is 2.23. The van der Waals surface area contributed by atoms with E-state index in [1.54, 1.807) is 0 Å². The molecule has 1 aliphatic heterocycles. The molecule has 1 fully saturated rings. The first-order valence-corrected chi connectivity index (χ1v) is 5.14. The van der Waals surface area contributed by atoms with E-state index in [9.17, 15) is 4.79 Å². The minimum absolute atomic E-state index is 0.171. The number of morpholine rings is 1. The van der Waals surface area contributed by atoms with Gasteiger partial charge in [0.1, 0.15) is 5.60 Å². The number of rotatable bonds is 1. The molecular formula is C10H20N2O3. The smallest absolute Gasteiger partial charge is 0.407 e. The lowest BCUT2D eigenvalue weighted by molar-refractivity contribution is -0.152. The average molecular weight is 216 g/mol. The van der Waals surface area contributed by atoms with Gasteiger partial charge in [0.2, 0.25) is 0 Å². The number of hydrogen-bond donors (Lipinski definition) is 2. The van der Waals surface area contributed by atoms with Crippen molar-refractivity contribution in [2.24, 2.45) is 11.1 Å². The van der Waals surface area contributed by atoms with Gasteiger partial charge in [-0.25, -0.2) is 4.79 Å². The maximum Gasteiger partial charge on any atom is 0.407 e. The van der Waals surface area contributed by atoms with Crippen molar-refractivity contribution in [3.63, 3.8) is 0 Å². The molecule has 0 aromatic rings. The van der Waals surface area contributed by atoms with Gasteiger partial charge in [-0.3, -0.25) is 0 Å².